The average Bonchev–Trinajstić information content (AvgIpc) is 2.97. The zero-order valence-electron chi connectivity index (χ0n) is 10.6. The molecule has 100 valence electrons. The van der Waals surface area contributed by atoms with Crippen molar-refractivity contribution in [1.82, 2.24) is 5.32 Å². The van der Waals surface area contributed by atoms with Gasteiger partial charge in [0.05, 0.1) is 6.42 Å². The van der Waals surface area contributed by atoms with Gasteiger partial charge in [-0.15, -0.1) is 0 Å². The molecule has 0 radical (unpaired) electrons. The van der Waals surface area contributed by atoms with E-state index in [4.69, 9.17) is 5.11 Å². The molecule has 0 aromatic rings. The topological polar surface area (TPSA) is 66.4 Å². The van der Waals surface area contributed by atoms with Crippen molar-refractivity contribution in [3.8, 4) is 0 Å². The molecule has 0 aliphatic heterocycles. The number of carboxylic acid groups (broad SMARTS) is 1. The van der Waals surface area contributed by atoms with Crippen LogP contribution in [0, 0.1) is 23.7 Å². The highest BCUT2D eigenvalue weighted by Gasteiger charge is 2.53. The number of aliphatic carboxylic acids is 1. The van der Waals surface area contributed by atoms with Gasteiger partial charge in [-0.1, -0.05) is 6.42 Å². The predicted molar refractivity (Wildman–Crippen MR) is 65.8 cm³/mol. The average molecular weight is 251 g/mol. The van der Waals surface area contributed by atoms with Crippen molar-refractivity contribution < 1.29 is 14.7 Å². The quantitative estimate of drug-likeness (QED) is 0.800. The molecule has 3 aliphatic rings. The van der Waals surface area contributed by atoms with E-state index in [1.165, 1.54) is 25.7 Å². The summed E-state index contributed by atoms with van der Waals surface area (Å²) in [5.41, 5.74) is 0. The van der Waals surface area contributed by atoms with Crippen molar-refractivity contribution >= 4 is 11.9 Å². The lowest BCUT2D eigenvalue weighted by Crippen LogP contribution is -2.42. The Morgan fingerprint density at radius 2 is 1.83 bits per heavy atom. The van der Waals surface area contributed by atoms with Crippen LogP contribution >= 0.6 is 0 Å². The van der Waals surface area contributed by atoms with Crippen LogP contribution in [-0.4, -0.2) is 23.0 Å². The highest BCUT2D eigenvalue weighted by molar-refractivity contribution is 5.80. The van der Waals surface area contributed by atoms with Crippen molar-refractivity contribution in [1.29, 1.82) is 0 Å². The predicted octanol–water partition coefficient (Wildman–Crippen LogP) is 1.79. The van der Waals surface area contributed by atoms with Crippen LogP contribution < -0.4 is 5.32 Å². The van der Waals surface area contributed by atoms with Crippen molar-refractivity contribution in [2.45, 2.75) is 51.0 Å². The molecular formula is C14H21NO3. The Hall–Kier alpha value is -1.06. The third-order valence-electron chi connectivity index (χ3n) is 5.34. The van der Waals surface area contributed by atoms with Crippen molar-refractivity contribution in [2.75, 3.05) is 0 Å². The number of nitrogens with one attached hydrogen (secondary N) is 1. The van der Waals surface area contributed by atoms with Gasteiger partial charge in [-0.3, -0.25) is 9.59 Å². The summed E-state index contributed by atoms with van der Waals surface area (Å²) in [5, 5.41) is 11.6. The molecule has 0 aromatic heterocycles. The maximum atomic E-state index is 11.7. The second kappa shape index (κ2) is 4.56. The Morgan fingerprint density at radius 1 is 1.06 bits per heavy atom. The SMILES string of the molecule is O=C(O)CCC(=O)NC1CC2CC1C1CCCC21. The Kier molecular flexibility index (Phi) is 3.04. The van der Waals surface area contributed by atoms with Gasteiger partial charge in [0.15, 0.2) is 0 Å². The zero-order valence-corrected chi connectivity index (χ0v) is 10.6. The fourth-order valence-electron chi connectivity index (χ4n) is 4.73. The van der Waals surface area contributed by atoms with E-state index in [2.05, 4.69) is 5.32 Å². The fraction of sp³-hybridized carbons (Fsp3) is 0.857. The number of carbonyl (C=O) groups excluding carboxylic acids is 1. The van der Waals surface area contributed by atoms with E-state index in [9.17, 15) is 9.59 Å². The zero-order chi connectivity index (χ0) is 12.7. The van der Waals surface area contributed by atoms with E-state index in [0.29, 0.717) is 12.0 Å². The number of amides is 1. The third-order valence-corrected chi connectivity index (χ3v) is 5.34. The Bertz CT molecular complexity index is 368. The lowest BCUT2D eigenvalue weighted by atomic mass is 9.79. The Balaban J connectivity index is 1.53. The summed E-state index contributed by atoms with van der Waals surface area (Å²) in [4.78, 5) is 22.1. The Morgan fingerprint density at radius 3 is 2.61 bits per heavy atom. The van der Waals surface area contributed by atoms with Crippen LogP contribution in [0.15, 0.2) is 0 Å². The smallest absolute Gasteiger partial charge is 0.303 e. The molecule has 0 heterocycles. The normalized spacial score (nSPS) is 40.8. The van der Waals surface area contributed by atoms with Gasteiger partial charge in [-0.25, -0.2) is 0 Å². The largest absolute Gasteiger partial charge is 0.481 e. The molecule has 5 unspecified atom stereocenters. The van der Waals surface area contributed by atoms with E-state index in [1.807, 2.05) is 0 Å². The van der Waals surface area contributed by atoms with Gasteiger partial charge in [0.2, 0.25) is 5.91 Å². The molecule has 5 atom stereocenters. The van der Waals surface area contributed by atoms with Crippen LogP contribution in [0.3, 0.4) is 0 Å². The Labute approximate surface area is 107 Å². The van der Waals surface area contributed by atoms with Crippen LogP contribution in [0.2, 0.25) is 0 Å². The molecule has 3 rings (SSSR count). The minimum absolute atomic E-state index is 0.0568. The summed E-state index contributed by atoms with van der Waals surface area (Å²) in [6.45, 7) is 0. The first kappa shape index (κ1) is 12.0. The van der Waals surface area contributed by atoms with E-state index in [0.717, 1.165) is 24.2 Å². The lowest BCUT2D eigenvalue weighted by molar-refractivity contribution is -0.139. The molecule has 0 spiro atoms. The summed E-state index contributed by atoms with van der Waals surface area (Å²) in [5.74, 6) is 2.30. The van der Waals surface area contributed by atoms with Gasteiger partial charge in [-0.2, -0.15) is 0 Å². The molecule has 4 heteroatoms. The molecular weight excluding hydrogens is 230 g/mol. The van der Waals surface area contributed by atoms with Gasteiger partial charge in [0.25, 0.3) is 0 Å². The number of hydrogen-bond acceptors (Lipinski definition) is 2. The monoisotopic (exact) mass is 251 g/mol. The molecule has 3 saturated carbocycles. The van der Waals surface area contributed by atoms with Crippen molar-refractivity contribution in [3.63, 3.8) is 0 Å². The lowest BCUT2D eigenvalue weighted by Gasteiger charge is -2.32. The van der Waals surface area contributed by atoms with Crippen LogP contribution in [0.1, 0.15) is 44.9 Å². The third kappa shape index (κ3) is 2.02. The van der Waals surface area contributed by atoms with Crippen molar-refractivity contribution in [2.24, 2.45) is 23.7 Å². The van der Waals surface area contributed by atoms with E-state index < -0.39 is 5.97 Å². The van der Waals surface area contributed by atoms with Gasteiger partial charge in [0.1, 0.15) is 0 Å². The number of fused-ring (bicyclic) bond motifs is 5. The first-order valence-corrected chi connectivity index (χ1v) is 7.16. The van der Waals surface area contributed by atoms with E-state index in [1.54, 1.807) is 0 Å². The number of carboxylic acids is 1. The first-order valence-electron chi connectivity index (χ1n) is 7.16. The summed E-state index contributed by atoms with van der Waals surface area (Å²) in [6.07, 6.45) is 6.58. The summed E-state index contributed by atoms with van der Waals surface area (Å²) < 4.78 is 0. The maximum absolute atomic E-state index is 11.7. The van der Waals surface area contributed by atoms with Gasteiger partial charge >= 0.3 is 5.97 Å². The summed E-state index contributed by atoms with van der Waals surface area (Å²) >= 11 is 0. The highest BCUT2D eigenvalue weighted by atomic mass is 16.4. The van der Waals surface area contributed by atoms with Crippen LogP contribution in [0.5, 0.6) is 0 Å². The minimum atomic E-state index is -0.894. The highest BCUT2D eigenvalue weighted by Crippen LogP contribution is 2.58. The molecule has 4 nitrogen and oxygen atoms in total. The number of rotatable bonds is 4. The van der Waals surface area contributed by atoms with Gasteiger partial charge in [0, 0.05) is 12.5 Å². The second-order valence-corrected chi connectivity index (χ2v) is 6.22. The minimum Gasteiger partial charge on any atom is -0.481 e. The molecule has 2 N–H and O–H groups in total. The number of carbonyl (C=O) groups is 2. The van der Waals surface area contributed by atoms with Crippen LogP contribution in [-0.2, 0) is 9.59 Å². The standard InChI is InChI=1S/C14H21NO3/c16-13(4-5-14(17)18)15-12-7-8-6-11(12)10-3-1-2-9(8)10/h8-12H,1-7H2,(H,15,16)(H,17,18). The second-order valence-electron chi connectivity index (χ2n) is 6.22. The molecule has 3 fully saturated rings. The molecule has 0 aromatic carbocycles. The molecule has 18 heavy (non-hydrogen) atoms. The van der Waals surface area contributed by atoms with E-state index in [-0.39, 0.29) is 18.7 Å². The maximum Gasteiger partial charge on any atom is 0.303 e. The molecule has 3 aliphatic carbocycles. The summed E-state index contributed by atoms with van der Waals surface area (Å²) in [6, 6.07) is 0.329. The van der Waals surface area contributed by atoms with Gasteiger partial charge in [-0.05, 0) is 49.4 Å². The molecule has 2 bridgehead atoms. The van der Waals surface area contributed by atoms with Crippen LogP contribution in [0.25, 0.3) is 0 Å². The molecule has 1 amide bonds. The molecule has 0 saturated heterocycles. The fourth-order valence-corrected chi connectivity index (χ4v) is 4.73. The first-order chi connectivity index (χ1) is 8.65. The number of hydrogen-bond donors (Lipinski definition) is 2. The summed E-state index contributed by atoms with van der Waals surface area (Å²) in [7, 11) is 0. The van der Waals surface area contributed by atoms with Crippen molar-refractivity contribution in [3.05, 3.63) is 0 Å². The van der Waals surface area contributed by atoms with Crippen LogP contribution in [0.4, 0.5) is 0 Å². The van der Waals surface area contributed by atoms with Gasteiger partial charge < -0.3 is 10.4 Å². The van der Waals surface area contributed by atoms with E-state index >= 15 is 0 Å².